The van der Waals surface area contributed by atoms with Crippen LogP contribution in [-0.2, 0) is 38.5 Å². The molecule has 4 bridgehead atoms. The molecule has 9 nitrogen and oxygen atoms in total. The maximum atomic E-state index is 7.17. The molecule has 1 aromatic rings. The highest BCUT2D eigenvalue weighted by Crippen LogP contribution is 2.63. The summed E-state index contributed by atoms with van der Waals surface area (Å²) in [6.07, 6.45) is 7.11. The fourth-order valence-corrected chi connectivity index (χ4v) is 11.8. The van der Waals surface area contributed by atoms with Crippen LogP contribution in [0.3, 0.4) is 0 Å². The van der Waals surface area contributed by atoms with E-state index in [2.05, 4.69) is 27.7 Å². The zero-order valence-electron chi connectivity index (χ0n) is 28.9. The van der Waals surface area contributed by atoms with Gasteiger partial charge in [-0.25, -0.2) is 19.6 Å². The Hall–Kier alpha value is -1.30. The van der Waals surface area contributed by atoms with Crippen molar-refractivity contribution in [1.82, 2.24) is 0 Å². The van der Waals surface area contributed by atoms with E-state index in [0.29, 0.717) is 30.1 Å². The van der Waals surface area contributed by atoms with Crippen molar-refractivity contribution >= 4 is 0 Å². The Kier molecular flexibility index (Phi) is 7.48. The van der Waals surface area contributed by atoms with Gasteiger partial charge in [0.2, 0.25) is 11.6 Å². The number of fused-ring (bicyclic) bond motifs is 4. The van der Waals surface area contributed by atoms with E-state index >= 15 is 0 Å². The number of rotatable bonds is 5. The summed E-state index contributed by atoms with van der Waals surface area (Å²) >= 11 is 0. The van der Waals surface area contributed by atoms with Crippen LogP contribution in [-0.4, -0.2) is 53.7 Å². The molecule has 1 aromatic carbocycles. The summed E-state index contributed by atoms with van der Waals surface area (Å²) in [7, 11) is 0. The molecule has 17 atom stereocenters. The highest BCUT2D eigenvalue weighted by atomic mass is 17.3. The van der Waals surface area contributed by atoms with Gasteiger partial charge in [-0.1, -0.05) is 45.9 Å². The van der Waals surface area contributed by atoms with Gasteiger partial charge in [0, 0.05) is 31.1 Å². The van der Waals surface area contributed by atoms with Gasteiger partial charge in [0.05, 0.1) is 6.10 Å². The van der Waals surface area contributed by atoms with Gasteiger partial charge in [0.15, 0.2) is 23.8 Å². The smallest absolute Gasteiger partial charge is 0.201 e. The Labute approximate surface area is 279 Å². The molecule has 1 unspecified atom stereocenters. The van der Waals surface area contributed by atoms with Crippen LogP contribution in [0, 0.1) is 47.3 Å². The summed E-state index contributed by atoms with van der Waals surface area (Å²) in [5.41, 5.74) is -1.20. The lowest BCUT2D eigenvalue weighted by atomic mass is 9.56. The highest BCUT2D eigenvalue weighted by molar-refractivity contribution is 5.22. The van der Waals surface area contributed by atoms with E-state index in [1.54, 1.807) is 0 Å². The molecule has 10 fully saturated rings. The van der Waals surface area contributed by atoms with Crippen LogP contribution in [0.5, 0.6) is 5.75 Å². The van der Waals surface area contributed by atoms with Gasteiger partial charge in [0.1, 0.15) is 18.0 Å². The number of hydrogen-bond donors (Lipinski definition) is 0. The van der Waals surface area contributed by atoms with Crippen LogP contribution in [0.25, 0.3) is 0 Å². The van der Waals surface area contributed by atoms with Crippen molar-refractivity contribution in [3.8, 4) is 5.75 Å². The summed E-state index contributed by atoms with van der Waals surface area (Å²) in [6, 6.07) is 10.2. The van der Waals surface area contributed by atoms with Crippen LogP contribution < -0.4 is 4.74 Å². The van der Waals surface area contributed by atoms with Gasteiger partial charge in [0.25, 0.3) is 0 Å². The second-order valence-corrected chi connectivity index (χ2v) is 17.0. The largest absolute Gasteiger partial charge is 0.488 e. The molecule has 0 N–H and O–H groups in total. The lowest BCUT2D eigenvalue weighted by molar-refractivity contribution is -0.573. The van der Waals surface area contributed by atoms with Gasteiger partial charge < -0.3 is 23.7 Å². The number of benzene rings is 1. The molecule has 10 aliphatic rings. The molecule has 8 aliphatic heterocycles. The van der Waals surface area contributed by atoms with E-state index in [1.165, 1.54) is 6.42 Å². The number of hydrogen-bond acceptors (Lipinski definition) is 9. The lowest BCUT2D eigenvalue weighted by Gasteiger charge is -2.62. The van der Waals surface area contributed by atoms with Crippen LogP contribution in [0.4, 0.5) is 0 Å². The summed E-state index contributed by atoms with van der Waals surface area (Å²) in [5, 5.41) is 0. The summed E-state index contributed by atoms with van der Waals surface area (Å²) in [4.78, 5) is 25.1. The minimum atomic E-state index is -0.823. The lowest BCUT2D eigenvalue weighted by Crippen LogP contribution is -2.72. The zero-order valence-corrected chi connectivity index (χ0v) is 28.9. The monoisotopic (exact) mass is 654 g/mol. The Balaban J connectivity index is 1.06. The van der Waals surface area contributed by atoms with Crippen molar-refractivity contribution in [2.24, 2.45) is 47.3 Å². The molecule has 2 saturated carbocycles. The minimum Gasteiger partial charge on any atom is -0.488 e. The fraction of sp³-hybridized carbons (Fsp3) is 0.842. The first kappa shape index (κ1) is 31.7. The molecule has 0 aromatic heterocycles. The Morgan fingerprint density at radius 1 is 0.660 bits per heavy atom. The number of para-hydroxylation sites is 1. The third-order valence-electron chi connectivity index (χ3n) is 14.4. The van der Waals surface area contributed by atoms with Crippen LogP contribution in [0.1, 0.15) is 99.3 Å². The quantitative estimate of drug-likeness (QED) is 0.303. The Morgan fingerprint density at radius 2 is 1.21 bits per heavy atom. The number of ether oxygens (including phenoxy) is 5. The standard InChI is InChI=1S/C38H54O9/c1-21-12-14-28-23(3)30(40-33-37(28)26(21)16-18-35(5,42-33)44-46-37)20-31(39-25-10-8-7-9-11-25)32-24(4)29-15-13-22(2)27-17-19-36(6)43-34(41-32)38(27,29)47-45-36/h7-11,21-24,26-34H,12-20H2,1-6H3/t21-,22-,23-,24-,26+,27+,28+,29+,30-,31+,32?,33-,34-,35+,36+,37-,38-/m1/s1. The first-order valence-electron chi connectivity index (χ1n) is 18.7. The molecule has 2 aliphatic carbocycles. The summed E-state index contributed by atoms with van der Waals surface area (Å²) in [5.74, 6) is 1.73. The van der Waals surface area contributed by atoms with Crippen molar-refractivity contribution in [3.05, 3.63) is 30.3 Å². The molecule has 2 spiro atoms. The Bertz CT molecular complexity index is 1330. The third kappa shape index (κ3) is 4.63. The summed E-state index contributed by atoms with van der Waals surface area (Å²) < 4.78 is 34.7. The van der Waals surface area contributed by atoms with Crippen LogP contribution >= 0.6 is 0 Å². The van der Waals surface area contributed by atoms with Crippen molar-refractivity contribution in [1.29, 1.82) is 0 Å². The van der Waals surface area contributed by atoms with E-state index < -0.39 is 35.4 Å². The average molecular weight is 655 g/mol. The highest BCUT2D eigenvalue weighted by Gasteiger charge is 2.72. The van der Waals surface area contributed by atoms with E-state index in [9.17, 15) is 0 Å². The predicted molar refractivity (Wildman–Crippen MR) is 169 cm³/mol. The summed E-state index contributed by atoms with van der Waals surface area (Å²) in [6.45, 7) is 13.4. The van der Waals surface area contributed by atoms with Crippen LogP contribution in [0.15, 0.2) is 30.3 Å². The van der Waals surface area contributed by atoms with Gasteiger partial charge in [-0.15, -0.1) is 0 Å². The Morgan fingerprint density at radius 3 is 1.81 bits per heavy atom. The van der Waals surface area contributed by atoms with E-state index in [1.807, 2.05) is 44.2 Å². The molecule has 47 heavy (non-hydrogen) atoms. The molecule has 8 heterocycles. The topological polar surface area (TPSA) is 83.1 Å². The molecule has 0 amide bonds. The SMILES string of the molecule is C[C@H]1[C@@H](C[C@H](Oc2ccccc2)C2O[C@@H]3O[C@]4(C)CC[C@H]5[C@H](C)CC[C@@H]([C@H]2C)[C@@]35OO4)O[C@@H]2O[C@]3(C)CC[C@H]4[C@H](C)CC[C@@H]1[C@@]24OO3. The van der Waals surface area contributed by atoms with Crippen LogP contribution in [0.2, 0.25) is 0 Å². The van der Waals surface area contributed by atoms with Gasteiger partial charge in [-0.05, 0) is 100 Å². The van der Waals surface area contributed by atoms with Gasteiger partial charge in [-0.3, -0.25) is 0 Å². The third-order valence-corrected chi connectivity index (χ3v) is 14.4. The fourth-order valence-electron chi connectivity index (χ4n) is 11.8. The maximum absolute atomic E-state index is 7.17. The maximum Gasteiger partial charge on any atom is 0.201 e. The molecule has 8 saturated heterocycles. The molecular formula is C38H54O9. The average Bonchev–Trinajstić information content (AvgIpc) is 3.43. The second kappa shape index (κ2) is 11.1. The zero-order chi connectivity index (χ0) is 32.3. The van der Waals surface area contributed by atoms with Crippen molar-refractivity contribution in [2.45, 2.75) is 153 Å². The van der Waals surface area contributed by atoms with Crippen molar-refractivity contribution in [3.63, 3.8) is 0 Å². The van der Waals surface area contributed by atoms with E-state index in [0.717, 1.165) is 50.7 Å². The molecular weight excluding hydrogens is 600 g/mol. The van der Waals surface area contributed by atoms with E-state index in [4.69, 9.17) is 43.2 Å². The van der Waals surface area contributed by atoms with E-state index in [-0.39, 0.29) is 42.0 Å². The molecule has 0 radical (unpaired) electrons. The molecule has 9 heteroatoms. The normalized spacial score (nSPS) is 55.3. The second-order valence-electron chi connectivity index (χ2n) is 17.0. The first-order valence-corrected chi connectivity index (χ1v) is 18.7. The molecule has 260 valence electrons. The van der Waals surface area contributed by atoms with Crippen molar-refractivity contribution < 1.29 is 43.2 Å². The van der Waals surface area contributed by atoms with Gasteiger partial charge >= 0.3 is 0 Å². The first-order chi connectivity index (χ1) is 22.6. The minimum absolute atomic E-state index is 0.112. The molecule has 11 rings (SSSR count). The predicted octanol–water partition coefficient (Wildman–Crippen LogP) is 7.33. The van der Waals surface area contributed by atoms with Crippen molar-refractivity contribution in [2.75, 3.05) is 0 Å². The van der Waals surface area contributed by atoms with Gasteiger partial charge in [-0.2, -0.15) is 0 Å².